The summed E-state index contributed by atoms with van der Waals surface area (Å²) in [7, 11) is 0. The number of hydrogen-bond donors (Lipinski definition) is 2. The first-order chi connectivity index (χ1) is 12.6. The predicted molar refractivity (Wildman–Crippen MR) is 103 cm³/mol. The van der Waals surface area contributed by atoms with Crippen LogP contribution in [0.15, 0.2) is 72.9 Å². The second kappa shape index (κ2) is 8.16. The molecule has 0 bridgehead atoms. The number of anilines is 1. The van der Waals surface area contributed by atoms with Crippen molar-refractivity contribution in [1.82, 2.24) is 10.9 Å². The molecule has 132 valence electrons. The first-order valence-electron chi connectivity index (χ1n) is 8.52. The first-order valence-corrected chi connectivity index (χ1v) is 8.52. The van der Waals surface area contributed by atoms with E-state index in [0.29, 0.717) is 17.7 Å². The van der Waals surface area contributed by atoms with Crippen molar-refractivity contribution in [2.75, 3.05) is 11.4 Å². The molecule has 0 unspecified atom stereocenters. The SMILES string of the molecule is C=C(C=Cc1ccccc1)NNC(=O)c1ccc(N2CCCC2=O)cc1. The van der Waals surface area contributed by atoms with Gasteiger partial charge in [0.2, 0.25) is 5.91 Å². The molecule has 1 aliphatic heterocycles. The van der Waals surface area contributed by atoms with Crippen molar-refractivity contribution in [3.63, 3.8) is 0 Å². The number of rotatable bonds is 6. The molecule has 0 spiro atoms. The van der Waals surface area contributed by atoms with Crippen LogP contribution in [-0.4, -0.2) is 18.4 Å². The van der Waals surface area contributed by atoms with Crippen LogP contribution in [0.25, 0.3) is 6.08 Å². The van der Waals surface area contributed by atoms with Gasteiger partial charge in [-0.3, -0.25) is 20.4 Å². The maximum Gasteiger partial charge on any atom is 0.269 e. The summed E-state index contributed by atoms with van der Waals surface area (Å²) in [5.41, 5.74) is 8.35. The number of allylic oxidation sites excluding steroid dienone is 1. The molecule has 2 N–H and O–H groups in total. The van der Waals surface area contributed by atoms with Crippen LogP contribution in [0.1, 0.15) is 28.8 Å². The fourth-order valence-electron chi connectivity index (χ4n) is 2.73. The third-order valence-corrected chi connectivity index (χ3v) is 4.13. The highest BCUT2D eigenvalue weighted by Gasteiger charge is 2.21. The maximum atomic E-state index is 12.2. The smallest absolute Gasteiger partial charge is 0.269 e. The van der Waals surface area contributed by atoms with E-state index >= 15 is 0 Å². The number of amides is 2. The minimum atomic E-state index is -0.265. The van der Waals surface area contributed by atoms with Gasteiger partial charge in [0.25, 0.3) is 5.91 Å². The molecule has 2 amide bonds. The number of hydrogen-bond acceptors (Lipinski definition) is 3. The van der Waals surface area contributed by atoms with Crippen LogP contribution in [0, 0.1) is 0 Å². The quantitative estimate of drug-likeness (QED) is 0.623. The van der Waals surface area contributed by atoms with Crippen LogP contribution >= 0.6 is 0 Å². The molecule has 2 aromatic carbocycles. The zero-order valence-electron chi connectivity index (χ0n) is 14.4. The van der Waals surface area contributed by atoms with E-state index < -0.39 is 0 Å². The third kappa shape index (κ3) is 4.39. The van der Waals surface area contributed by atoms with Gasteiger partial charge in [0.1, 0.15) is 0 Å². The summed E-state index contributed by atoms with van der Waals surface area (Å²) in [5.74, 6) is -0.135. The molecule has 5 heteroatoms. The molecule has 0 aliphatic carbocycles. The molecule has 1 heterocycles. The number of carbonyl (C=O) groups excluding carboxylic acids is 2. The number of benzene rings is 2. The van der Waals surface area contributed by atoms with Crippen molar-refractivity contribution in [3.05, 3.63) is 84.1 Å². The average molecular weight is 347 g/mol. The highest BCUT2D eigenvalue weighted by molar-refractivity contribution is 5.97. The average Bonchev–Trinajstić information content (AvgIpc) is 3.11. The fraction of sp³-hybridized carbons (Fsp3) is 0.143. The molecule has 0 saturated carbocycles. The van der Waals surface area contributed by atoms with Gasteiger partial charge in [0.15, 0.2) is 0 Å². The molecule has 0 radical (unpaired) electrons. The molecular weight excluding hydrogens is 326 g/mol. The van der Waals surface area contributed by atoms with Crippen LogP contribution in [0.3, 0.4) is 0 Å². The lowest BCUT2D eigenvalue weighted by molar-refractivity contribution is -0.117. The highest BCUT2D eigenvalue weighted by Crippen LogP contribution is 2.21. The molecule has 0 atom stereocenters. The Hall–Kier alpha value is -3.34. The van der Waals surface area contributed by atoms with E-state index in [1.54, 1.807) is 35.2 Å². The van der Waals surface area contributed by atoms with Crippen LogP contribution in [0.5, 0.6) is 0 Å². The maximum absolute atomic E-state index is 12.2. The van der Waals surface area contributed by atoms with Gasteiger partial charge in [0, 0.05) is 29.9 Å². The summed E-state index contributed by atoms with van der Waals surface area (Å²) in [4.78, 5) is 25.7. The van der Waals surface area contributed by atoms with E-state index in [4.69, 9.17) is 0 Å². The Balaban J connectivity index is 1.52. The lowest BCUT2D eigenvalue weighted by atomic mass is 10.2. The van der Waals surface area contributed by atoms with Gasteiger partial charge in [-0.1, -0.05) is 43.0 Å². The molecule has 3 rings (SSSR count). The summed E-state index contributed by atoms with van der Waals surface area (Å²) in [6.07, 6.45) is 5.16. The minimum Gasteiger partial charge on any atom is -0.312 e. The van der Waals surface area contributed by atoms with Gasteiger partial charge in [-0.15, -0.1) is 0 Å². The van der Waals surface area contributed by atoms with E-state index in [9.17, 15) is 9.59 Å². The normalized spacial score (nSPS) is 13.8. The summed E-state index contributed by atoms with van der Waals surface area (Å²) < 4.78 is 0. The molecule has 26 heavy (non-hydrogen) atoms. The van der Waals surface area contributed by atoms with Crippen molar-refractivity contribution in [2.24, 2.45) is 0 Å². The topological polar surface area (TPSA) is 61.4 Å². The number of nitrogens with one attached hydrogen (secondary N) is 2. The first kappa shape index (κ1) is 17.5. The van der Waals surface area contributed by atoms with E-state index in [0.717, 1.165) is 24.2 Å². The molecule has 1 fully saturated rings. The Labute approximate surface area is 153 Å². The Kier molecular flexibility index (Phi) is 5.49. The van der Waals surface area contributed by atoms with Crippen molar-refractivity contribution in [2.45, 2.75) is 12.8 Å². The minimum absolute atomic E-state index is 0.130. The van der Waals surface area contributed by atoms with Crippen molar-refractivity contribution < 1.29 is 9.59 Å². The van der Waals surface area contributed by atoms with Gasteiger partial charge in [-0.25, -0.2) is 0 Å². The largest absolute Gasteiger partial charge is 0.312 e. The molecule has 5 nitrogen and oxygen atoms in total. The van der Waals surface area contributed by atoms with Crippen molar-refractivity contribution in [3.8, 4) is 0 Å². The standard InChI is InChI=1S/C21H21N3O2/c1-16(9-10-17-6-3-2-4-7-17)22-23-21(26)18-11-13-19(14-12-18)24-15-5-8-20(24)25/h2-4,6-7,9-14,22H,1,5,8,15H2,(H,23,26). The van der Waals surface area contributed by atoms with Crippen LogP contribution in [-0.2, 0) is 4.79 Å². The summed E-state index contributed by atoms with van der Waals surface area (Å²) in [5, 5.41) is 0. The second-order valence-corrected chi connectivity index (χ2v) is 6.04. The van der Waals surface area contributed by atoms with Crippen molar-refractivity contribution >= 4 is 23.6 Å². The molecule has 1 aliphatic rings. The predicted octanol–water partition coefficient (Wildman–Crippen LogP) is 3.27. The van der Waals surface area contributed by atoms with E-state index in [-0.39, 0.29) is 11.8 Å². The van der Waals surface area contributed by atoms with E-state index in [2.05, 4.69) is 17.4 Å². The van der Waals surface area contributed by atoms with Gasteiger partial charge in [0.05, 0.1) is 0 Å². The van der Waals surface area contributed by atoms with Crippen LogP contribution < -0.4 is 15.8 Å². The Morgan fingerprint density at radius 3 is 2.42 bits per heavy atom. The van der Waals surface area contributed by atoms with Crippen LogP contribution in [0.4, 0.5) is 5.69 Å². The number of hydrazine groups is 1. The third-order valence-electron chi connectivity index (χ3n) is 4.13. The Bertz CT molecular complexity index is 826. The fourth-order valence-corrected chi connectivity index (χ4v) is 2.73. The van der Waals surface area contributed by atoms with Gasteiger partial charge in [-0.05, 0) is 42.3 Å². The summed E-state index contributed by atoms with van der Waals surface area (Å²) in [6, 6.07) is 16.8. The number of carbonyl (C=O) groups is 2. The van der Waals surface area contributed by atoms with Gasteiger partial charge in [-0.2, -0.15) is 0 Å². The monoisotopic (exact) mass is 347 g/mol. The van der Waals surface area contributed by atoms with E-state index in [1.165, 1.54) is 0 Å². The van der Waals surface area contributed by atoms with Crippen LogP contribution in [0.2, 0.25) is 0 Å². The molecule has 2 aromatic rings. The highest BCUT2D eigenvalue weighted by atomic mass is 16.2. The van der Waals surface area contributed by atoms with E-state index in [1.807, 2.05) is 36.4 Å². The Morgan fingerprint density at radius 1 is 1.04 bits per heavy atom. The molecule has 0 aromatic heterocycles. The van der Waals surface area contributed by atoms with Crippen molar-refractivity contribution in [1.29, 1.82) is 0 Å². The lowest BCUT2D eigenvalue weighted by Crippen LogP contribution is -2.36. The zero-order chi connectivity index (χ0) is 18.4. The van der Waals surface area contributed by atoms with Gasteiger partial charge >= 0.3 is 0 Å². The number of nitrogens with zero attached hydrogens (tertiary/aromatic N) is 1. The molecule has 1 saturated heterocycles. The zero-order valence-corrected chi connectivity index (χ0v) is 14.4. The summed E-state index contributed by atoms with van der Waals surface area (Å²) in [6.45, 7) is 4.59. The lowest BCUT2D eigenvalue weighted by Gasteiger charge is -2.16. The summed E-state index contributed by atoms with van der Waals surface area (Å²) >= 11 is 0. The van der Waals surface area contributed by atoms with Gasteiger partial charge < -0.3 is 4.90 Å². The second-order valence-electron chi connectivity index (χ2n) is 6.04. The Morgan fingerprint density at radius 2 is 1.77 bits per heavy atom. The molecular formula is C21H21N3O2.